The van der Waals surface area contributed by atoms with Crippen LogP contribution in [0.1, 0.15) is 12.7 Å². The van der Waals surface area contributed by atoms with E-state index in [1.54, 1.807) is 24.4 Å². The summed E-state index contributed by atoms with van der Waals surface area (Å²) in [5.74, 6) is 0.923. The van der Waals surface area contributed by atoms with Crippen molar-refractivity contribution in [3.8, 4) is 0 Å². The Bertz CT molecular complexity index is 662. The topological polar surface area (TPSA) is 64.0 Å². The molecule has 102 valence electrons. The maximum Gasteiger partial charge on any atom is 0.175 e. The number of imidazole rings is 1. The molecule has 0 aliphatic carbocycles. The molecule has 19 heavy (non-hydrogen) atoms. The molecule has 2 rings (SSSR count). The number of sulfone groups is 1. The third-order valence-corrected chi connectivity index (χ3v) is 3.97. The summed E-state index contributed by atoms with van der Waals surface area (Å²) in [6.07, 6.45) is 4.88. The van der Waals surface area contributed by atoms with Crippen LogP contribution in [0.4, 0.5) is 5.69 Å². The lowest BCUT2D eigenvalue weighted by atomic mass is 10.3. The van der Waals surface area contributed by atoms with Crippen LogP contribution in [0.2, 0.25) is 0 Å². The summed E-state index contributed by atoms with van der Waals surface area (Å²) < 4.78 is 25.0. The van der Waals surface area contributed by atoms with E-state index in [1.165, 1.54) is 6.26 Å². The van der Waals surface area contributed by atoms with E-state index in [0.717, 1.165) is 18.1 Å². The third-order valence-electron chi connectivity index (χ3n) is 2.86. The van der Waals surface area contributed by atoms with Gasteiger partial charge >= 0.3 is 0 Å². The van der Waals surface area contributed by atoms with E-state index in [0.29, 0.717) is 11.4 Å². The van der Waals surface area contributed by atoms with Crippen LogP contribution in [0.15, 0.2) is 41.6 Å². The van der Waals surface area contributed by atoms with Crippen LogP contribution in [0, 0.1) is 0 Å². The van der Waals surface area contributed by atoms with Gasteiger partial charge < -0.3 is 9.88 Å². The number of aromatic nitrogens is 2. The highest BCUT2D eigenvalue weighted by atomic mass is 32.2. The first-order valence-corrected chi connectivity index (χ1v) is 7.94. The lowest BCUT2D eigenvalue weighted by Gasteiger charge is -2.09. The predicted octanol–water partition coefficient (Wildman–Crippen LogP) is 1.92. The minimum atomic E-state index is -3.17. The minimum absolute atomic E-state index is 0.316. The molecular formula is C13H17N3O2S. The summed E-state index contributed by atoms with van der Waals surface area (Å²) in [4.78, 5) is 4.57. The third kappa shape index (κ3) is 3.35. The van der Waals surface area contributed by atoms with Gasteiger partial charge in [0, 0.05) is 30.9 Å². The number of hydrogen-bond acceptors (Lipinski definition) is 4. The maximum absolute atomic E-state index is 11.5. The van der Waals surface area contributed by atoms with Crippen LogP contribution in [0.25, 0.3) is 0 Å². The van der Waals surface area contributed by atoms with Crippen molar-refractivity contribution in [1.29, 1.82) is 0 Å². The number of nitrogens with one attached hydrogen (secondary N) is 1. The number of aryl methyl sites for hydroxylation is 1. The van der Waals surface area contributed by atoms with Crippen molar-refractivity contribution >= 4 is 15.5 Å². The molecule has 0 saturated heterocycles. The molecule has 0 unspecified atom stereocenters. The van der Waals surface area contributed by atoms with E-state index < -0.39 is 9.84 Å². The van der Waals surface area contributed by atoms with Gasteiger partial charge in [0.1, 0.15) is 5.82 Å². The first kappa shape index (κ1) is 13.6. The largest absolute Gasteiger partial charge is 0.378 e. The number of benzene rings is 1. The summed E-state index contributed by atoms with van der Waals surface area (Å²) in [6, 6.07) is 6.79. The molecule has 1 heterocycles. The highest BCUT2D eigenvalue weighted by Gasteiger charge is 2.07. The quantitative estimate of drug-likeness (QED) is 0.908. The van der Waals surface area contributed by atoms with E-state index >= 15 is 0 Å². The Labute approximate surface area is 113 Å². The van der Waals surface area contributed by atoms with Gasteiger partial charge in [0.05, 0.1) is 11.4 Å². The van der Waals surface area contributed by atoms with Gasteiger partial charge in [0.2, 0.25) is 0 Å². The van der Waals surface area contributed by atoms with Crippen molar-refractivity contribution in [2.75, 3.05) is 11.6 Å². The van der Waals surface area contributed by atoms with Crippen molar-refractivity contribution in [2.24, 2.45) is 0 Å². The Balaban J connectivity index is 2.12. The molecule has 2 aromatic rings. The number of rotatable bonds is 5. The molecule has 0 radical (unpaired) electrons. The Morgan fingerprint density at radius 2 is 2.16 bits per heavy atom. The van der Waals surface area contributed by atoms with E-state index in [4.69, 9.17) is 0 Å². The molecule has 0 aliphatic heterocycles. The Morgan fingerprint density at radius 3 is 2.84 bits per heavy atom. The van der Waals surface area contributed by atoms with Crippen molar-refractivity contribution in [3.05, 3.63) is 42.5 Å². The molecular weight excluding hydrogens is 262 g/mol. The lowest BCUT2D eigenvalue weighted by Crippen LogP contribution is -2.08. The van der Waals surface area contributed by atoms with E-state index in [-0.39, 0.29) is 0 Å². The van der Waals surface area contributed by atoms with Gasteiger partial charge in [-0.3, -0.25) is 0 Å². The SMILES string of the molecule is CCn1ccnc1CNc1cccc(S(C)(=O)=O)c1. The zero-order chi connectivity index (χ0) is 13.9. The number of nitrogens with zero attached hydrogens (tertiary/aromatic N) is 2. The van der Waals surface area contributed by atoms with E-state index in [2.05, 4.69) is 17.2 Å². The van der Waals surface area contributed by atoms with Crippen molar-refractivity contribution < 1.29 is 8.42 Å². The van der Waals surface area contributed by atoms with Gasteiger partial charge in [0.25, 0.3) is 0 Å². The van der Waals surface area contributed by atoms with Crippen LogP contribution in [-0.2, 0) is 22.9 Å². The van der Waals surface area contributed by atoms with Crippen molar-refractivity contribution in [1.82, 2.24) is 9.55 Å². The fourth-order valence-corrected chi connectivity index (χ4v) is 2.48. The van der Waals surface area contributed by atoms with E-state index in [9.17, 15) is 8.42 Å². The summed E-state index contributed by atoms with van der Waals surface area (Å²) in [5, 5.41) is 3.19. The van der Waals surface area contributed by atoms with Gasteiger partial charge in [-0.2, -0.15) is 0 Å². The molecule has 0 spiro atoms. The van der Waals surface area contributed by atoms with Gasteiger partial charge in [0.15, 0.2) is 9.84 Å². The normalized spacial score (nSPS) is 11.5. The average molecular weight is 279 g/mol. The molecule has 5 nitrogen and oxygen atoms in total. The highest BCUT2D eigenvalue weighted by molar-refractivity contribution is 7.90. The molecule has 1 aromatic heterocycles. The molecule has 0 fully saturated rings. The summed E-state index contributed by atoms with van der Waals surface area (Å²) >= 11 is 0. The first-order valence-electron chi connectivity index (χ1n) is 6.04. The second kappa shape index (κ2) is 5.44. The van der Waals surface area contributed by atoms with E-state index in [1.807, 2.05) is 16.8 Å². The Hall–Kier alpha value is -1.82. The van der Waals surface area contributed by atoms with Gasteiger partial charge in [-0.1, -0.05) is 6.07 Å². The van der Waals surface area contributed by atoms with Crippen molar-refractivity contribution in [3.63, 3.8) is 0 Å². The second-order valence-corrected chi connectivity index (χ2v) is 6.30. The van der Waals surface area contributed by atoms with Crippen molar-refractivity contribution in [2.45, 2.75) is 24.9 Å². The monoisotopic (exact) mass is 279 g/mol. The molecule has 0 saturated carbocycles. The summed E-state index contributed by atoms with van der Waals surface area (Å²) in [5.41, 5.74) is 0.772. The highest BCUT2D eigenvalue weighted by Crippen LogP contribution is 2.15. The molecule has 0 aliphatic rings. The maximum atomic E-state index is 11.5. The Morgan fingerprint density at radius 1 is 1.37 bits per heavy atom. The van der Waals surface area contributed by atoms with Gasteiger partial charge in [-0.05, 0) is 25.1 Å². The summed E-state index contributed by atoms with van der Waals surface area (Å²) in [6.45, 7) is 3.48. The lowest BCUT2D eigenvalue weighted by molar-refractivity contribution is 0.602. The number of anilines is 1. The van der Waals surface area contributed by atoms with Gasteiger partial charge in [-0.15, -0.1) is 0 Å². The predicted molar refractivity (Wildman–Crippen MR) is 74.8 cm³/mol. The second-order valence-electron chi connectivity index (χ2n) is 4.28. The molecule has 6 heteroatoms. The molecule has 1 N–H and O–H groups in total. The molecule has 0 atom stereocenters. The number of hydrogen-bond donors (Lipinski definition) is 1. The van der Waals surface area contributed by atoms with Crippen LogP contribution in [-0.4, -0.2) is 24.2 Å². The summed E-state index contributed by atoms with van der Waals surface area (Å²) in [7, 11) is -3.17. The average Bonchev–Trinajstić information content (AvgIpc) is 2.83. The van der Waals surface area contributed by atoms with Crippen LogP contribution in [0.3, 0.4) is 0 Å². The zero-order valence-corrected chi connectivity index (χ0v) is 11.8. The molecule has 0 bridgehead atoms. The van der Waals surface area contributed by atoms with Crippen LogP contribution >= 0.6 is 0 Å². The fraction of sp³-hybridized carbons (Fsp3) is 0.308. The van der Waals surface area contributed by atoms with Crippen LogP contribution < -0.4 is 5.32 Å². The molecule has 0 amide bonds. The standard InChI is InChI=1S/C13H17N3O2S/c1-3-16-8-7-14-13(16)10-15-11-5-4-6-12(9-11)19(2,17)18/h4-9,15H,3,10H2,1-2H3. The van der Waals surface area contributed by atoms with Crippen LogP contribution in [0.5, 0.6) is 0 Å². The minimum Gasteiger partial charge on any atom is -0.378 e. The first-order chi connectivity index (χ1) is 9.00. The smallest absolute Gasteiger partial charge is 0.175 e. The zero-order valence-electron chi connectivity index (χ0n) is 11.0. The fourth-order valence-electron chi connectivity index (χ4n) is 1.81. The Kier molecular flexibility index (Phi) is 3.90. The van der Waals surface area contributed by atoms with Gasteiger partial charge in [-0.25, -0.2) is 13.4 Å². The molecule has 1 aromatic carbocycles.